The van der Waals surface area contributed by atoms with Crippen molar-refractivity contribution >= 4 is 23.2 Å². The maximum atomic E-state index is 12.1. The van der Waals surface area contributed by atoms with Crippen molar-refractivity contribution in [1.29, 1.82) is 0 Å². The summed E-state index contributed by atoms with van der Waals surface area (Å²) in [5, 5.41) is 2.53. The van der Waals surface area contributed by atoms with E-state index in [1.807, 2.05) is 0 Å². The highest BCUT2D eigenvalue weighted by Crippen LogP contribution is 2.29. The van der Waals surface area contributed by atoms with Crippen molar-refractivity contribution in [2.24, 2.45) is 7.05 Å². The number of hydrogen-bond acceptors (Lipinski definition) is 3. The molecule has 0 aliphatic carbocycles. The fourth-order valence-corrected chi connectivity index (χ4v) is 1.86. The number of halogens is 4. The smallest absolute Gasteiger partial charge is 0.422 e. The van der Waals surface area contributed by atoms with E-state index in [1.165, 1.54) is 35.3 Å². The lowest BCUT2D eigenvalue weighted by Gasteiger charge is -2.12. The molecule has 22 heavy (non-hydrogen) atoms. The molecule has 1 heterocycles. The molecule has 2 aromatic rings. The number of imidazole rings is 1. The molecule has 0 fully saturated rings. The summed E-state index contributed by atoms with van der Waals surface area (Å²) in [4.78, 5) is 15.8. The average molecular weight is 334 g/mol. The molecule has 1 amide bonds. The van der Waals surface area contributed by atoms with Crippen molar-refractivity contribution < 1.29 is 22.7 Å². The fraction of sp³-hybridized carbons (Fsp3) is 0.231. The van der Waals surface area contributed by atoms with Crippen molar-refractivity contribution in [3.8, 4) is 5.75 Å². The summed E-state index contributed by atoms with van der Waals surface area (Å²) in [7, 11) is 1.66. The van der Waals surface area contributed by atoms with Crippen LogP contribution in [0, 0.1) is 0 Å². The van der Waals surface area contributed by atoms with Gasteiger partial charge in [-0.25, -0.2) is 4.98 Å². The number of anilines is 1. The van der Waals surface area contributed by atoms with Crippen LogP contribution in [0.4, 0.5) is 18.9 Å². The highest BCUT2D eigenvalue weighted by Gasteiger charge is 2.28. The van der Waals surface area contributed by atoms with E-state index in [1.54, 1.807) is 7.05 Å². The average Bonchev–Trinajstić information content (AvgIpc) is 2.83. The predicted molar refractivity (Wildman–Crippen MR) is 74.2 cm³/mol. The summed E-state index contributed by atoms with van der Waals surface area (Å²) < 4.78 is 42.4. The second-order valence-electron chi connectivity index (χ2n) is 4.39. The molecule has 0 saturated carbocycles. The van der Waals surface area contributed by atoms with Gasteiger partial charge in [0.25, 0.3) is 5.91 Å². The molecule has 1 aromatic carbocycles. The molecular weight excluding hydrogens is 323 g/mol. The molecule has 2 rings (SSSR count). The lowest BCUT2D eigenvalue weighted by Crippen LogP contribution is -2.19. The lowest BCUT2D eigenvalue weighted by atomic mass is 10.3. The Labute approximate surface area is 128 Å². The van der Waals surface area contributed by atoms with Crippen LogP contribution >= 0.6 is 11.6 Å². The Hall–Kier alpha value is -2.22. The van der Waals surface area contributed by atoms with Gasteiger partial charge in [-0.2, -0.15) is 13.2 Å². The van der Waals surface area contributed by atoms with Gasteiger partial charge in [-0.1, -0.05) is 11.6 Å². The normalized spacial score (nSPS) is 11.3. The van der Waals surface area contributed by atoms with Gasteiger partial charge in [0.15, 0.2) is 6.61 Å². The van der Waals surface area contributed by atoms with Gasteiger partial charge in [0.05, 0.1) is 17.5 Å². The molecule has 118 valence electrons. The zero-order chi connectivity index (χ0) is 16.3. The van der Waals surface area contributed by atoms with Crippen LogP contribution in [0.2, 0.25) is 5.02 Å². The van der Waals surface area contributed by atoms with Gasteiger partial charge >= 0.3 is 6.18 Å². The van der Waals surface area contributed by atoms with Crippen molar-refractivity contribution in [2.75, 3.05) is 11.9 Å². The van der Waals surface area contributed by atoms with Gasteiger partial charge in [0.1, 0.15) is 11.4 Å². The number of nitrogens with zero attached hydrogens (tertiary/aromatic N) is 2. The van der Waals surface area contributed by atoms with E-state index in [0.717, 1.165) is 0 Å². The number of rotatable bonds is 4. The Bertz CT molecular complexity index is 685. The van der Waals surface area contributed by atoms with E-state index in [2.05, 4.69) is 15.0 Å². The summed E-state index contributed by atoms with van der Waals surface area (Å²) >= 11 is 5.84. The standard InChI is InChI=1S/C13H11ClF3N3O2/c1-20-7-18-5-10(20)12(21)19-8-2-3-11(9(14)4-8)22-6-13(15,16)17/h2-5,7H,6H2,1H3,(H,19,21). The lowest BCUT2D eigenvalue weighted by molar-refractivity contribution is -0.153. The van der Waals surface area contributed by atoms with Crippen LogP contribution in [0.25, 0.3) is 0 Å². The van der Waals surface area contributed by atoms with Crippen LogP contribution < -0.4 is 10.1 Å². The molecule has 5 nitrogen and oxygen atoms in total. The van der Waals surface area contributed by atoms with E-state index in [4.69, 9.17) is 11.6 Å². The summed E-state index contributed by atoms with van der Waals surface area (Å²) in [5.74, 6) is -0.530. The first-order valence-corrected chi connectivity index (χ1v) is 6.41. The first kappa shape index (κ1) is 16.2. The van der Waals surface area contributed by atoms with E-state index in [0.29, 0.717) is 11.4 Å². The van der Waals surface area contributed by atoms with Gasteiger partial charge in [0, 0.05) is 12.7 Å². The third-order valence-corrected chi connectivity index (χ3v) is 2.93. The molecule has 0 aliphatic rings. The van der Waals surface area contributed by atoms with Crippen molar-refractivity contribution in [1.82, 2.24) is 9.55 Å². The highest BCUT2D eigenvalue weighted by molar-refractivity contribution is 6.32. The number of amides is 1. The minimum absolute atomic E-state index is 0.0351. The molecule has 0 bridgehead atoms. The molecule has 0 radical (unpaired) electrons. The molecular formula is C13H11ClF3N3O2. The molecule has 0 saturated heterocycles. The Balaban J connectivity index is 2.06. The van der Waals surface area contributed by atoms with Crippen LogP contribution in [0.1, 0.15) is 10.5 Å². The molecule has 0 unspecified atom stereocenters. The maximum Gasteiger partial charge on any atom is 0.422 e. The van der Waals surface area contributed by atoms with Gasteiger partial charge in [0.2, 0.25) is 0 Å². The Morgan fingerprint density at radius 1 is 1.45 bits per heavy atom. The maximum absolute atomic E-state index is 12.1. The zero-order valence-electron chi connectivity index (χ0n) is 11.3. The summed E-state index contributed by atoms with van der Waals surface area (Å²) in [6.07, 6.45) is -1.59. The fourth-order valence-electron chi connectivity index (χ4n) is 1.63. The second-order valence-corrected chi connectivity index (χ2v) is 4.80. The number of nitrogens with one attached hydrogen (secondary N) is 1. The van der Waals surface area contributed by atoms with Crippen LogP contribution in [-0.4, -0.2) is 28.2 Å². The topological polar surface area (TPSA) is 56.2 Å². The van der Waals surface area contributed by atoms with Gasteiger partial charge < -0.3 is 14.6 Å². The molecule has 1 aromatic heterocycles. The second kappa shape index (κ2) is 6.27. The van der Waals surface area contributed by atoms with Gasteiger partial charge in [-0.15, -0.1) is 0 Å². The molecule has 0 spiro atoms. The highest BCUT2D eigenvalue weighted by atomic mass is 35.5. The first-order chi connectivity index (χ1) is 10.3. The van der Waals surface area contributed by atoms with E-state index < -0.39 is 18.7 Å². The van der Waals surface area contributed by atoms with Crippen LogP contribution in [-0.2, 0) is 7.05 Å². The number of ether oxygens (including phenoxy) is 1. The Morgan fingerprint density at radius 2 is 2.18 bits per heavy atom. The van der Waals surface area contributed by atoms with Gasteiger partial charge in [-0.05, 0) is 18.2 Å². The monoisotopic (exact) mass is 333 g/mol. The SMILES string of the molecule is Cn1cncc1C(=O)Nc1ccc(OCC(F)(F)F)c(Cl)c1. The summed E-state index contributed by atoms with van der Waals surface area (Å²) in [5.41, 5.74) is 0.657. The van der Waals surface area contributed by atoms with Crippen LogP contribution in [0.3, 0.4) is 0 Å². The number of alkyl halides is 3. The predicted octanol–water partition coefficient (Wildman–Crippen LogP) is 3.27. The number of hydrogen-bond donors (Lipinski definition) is 1. The quantitative estimate of drug-likeness (QED) is 0.934. The van der Waals surface area contributed by atoms with Crippen LogP contribution in [0.5, 0.6) is 5.75 Å². The minimum atomic E-state index is -4.45. The third kappa shape index (κ3) is 4.14. The van der Waals surface area contributed by atoms with E-state index in [9.17, 15) is 18.0 Å². The van der Waals surface area contributed by atoms with Crippen molar-refractivity contribution in [3.63, 3.8) is 0 Å². The summed E-state index contributed by atoms with van der Waals surface area (Å²) in [6, 6.07) is 3.96. The molecule has 1 N–H and O–H groups in total. The van der Waals surface area contributed by atoms with Crippen molar-refractivity contribution in [3.05, 3.63) is 41.4 Å². The van der Waals surface area contributed by atoms with Crippen molar-refractivity contribution in [2.45, 2.75) is 6.18 Å². The Kier molecular flexibility index (Phi) is 4.60. The molecule has 0 aliphatic heterocycles. The molecule has 0 atom stereocenters. The van der Waals surface area contributed by atoms with Gasteiger partial charge in [-0.3, -0.25) is 4.79 Å². The minimum Gasteiger partial charge on any atom is -0.483 e. The number of benzene rings is 1. The number of carbonyl (C=O) groups excluding carboxylic acids is 1. The third-order valence-electron chi connectivity index (χ3n) is 2.63. The molecule has 9 heteroatoms. The number of carbonyl (C=O) groups is 1. The summed E-state index contributed by atoms with van der Waals surface area (Å²) in [6.45, 7) is -1.44. The zero-order valence-corrected chi connectivity index (χ0v) is 12.1. The van der Waals surface area contributed by atoms with E-state index >= 15 is 0 Å². The first-order valence-electron chi connectivity index (χ1n) is 6.03. The largest absolute Gasteiger partial charge is 0.483 e. The number of aromatic nitrogens is 2. The number of aryl methyl sites for hydroxylation is 1. The van der Waals surface area contributed by atoms with E-state index in [-0.39, 0.29) is 10.8 Å². The Morgan fingerprint density at radius 3 is 2.73 bits per heavy atom. The van der Waals surface area contributed by atoms with Crippen LogP contribution in [0.15, 0.2) is 30.7 Å².